The second kappa shape index (κ2) is 5.57. The molecule has 19 heavy (non-hydrogen) atoms. The summed E-state index contributed by atoms with van der Waals surface area (Å²) >= 11 is 1.49. The molecule has 0 spiro atoms. The minimum atomic E-state index is -0.432. The van der Waals surface area contributed by atoms with Crippen LogP contribution in [0.1, 0.15) is 16.1 Å². The number of hydrogen-bond donors (Lipinski definition) is 1. The quantitative estimate of drug-likeness (QED) is 0.528. The van der Waals surface area contributed by atoms with E-state index in [4.69, 9.17) is 0 Å². The van der Waals surface area contributed by atoms with Crippen molar-refractivity contribution in [2.24, 2.45) is 5.10 Å². The summed E-state index contributed by atoms with van der Waals surface area (Å²) in [6.07, 6.45) is 1.42. The van der Waals surface area contributed by atoms with E-state index in [9.17, 15) is 10.1 Å². The van der Waals surface area contributed by atoms with E-state index in [1.54, 1.807) is 18.2 Å². The van der Waals surface area contributed by atoms with Crippen molar-refractivity contribution in [1.29, 1.82) is 0 Å². The van der Waals surface area contributed by atoms with Crippen LogP contribution in [0, 0.1) is 24.0 Å². The molecule has 1 N–H and O–H groups in total. The third-order valence-electron chi connectivity index (χ3n) is 2.53. The van der Waals surface area contributed by atoms with Crippen molar-refractivity contribution < 1.29 is 4.92 Å². The first-order valence-corrected chi connectivity index (χ1v) is 6.36. The molecule has 2 aromatic rings. The molecule has 0 unspecified atom stereocenters. The Morgan fingerprint density at radius 2 is 2.16 bits per heavy atom. The molecule has 1 heterocycles. The summed E-state index contributed by atoms with van der Waals surface area (Å²) in [5.74, 6) is 0. The lowest BCUT2D eigenvalue weighted by atomic mass is 10.2. The predicted octanol–water partition coefficient (Wildman–Crippen LogP) is 3.11. The zero-order valence-corrected chi connectivity index (χ0v) is 11.3. The highest BCUT2D eigenvalue weighted by Gasteiger charge is 2.09. The second-order valence-electron chi connectivity index (χ2n) is 3.85. The fourth-order valence-corrected chi connectivity index (χ4v) is 2.20. The van der Waals surface area contributed by atoms with Crippen LogP contribution in [-0.4, -0.2) is 16.1 Å². The van der Waals surface area contributed by atoms with Gasteiger partial charge < -0.3 is 0 Å². The van der Waals surface area contributed by atoms with E-state index in [2.05, 4.69) is 15.5 Å². The van der Waals surface area contributed by atoms with E-state index < -0.39 is 4.92 Å². The largest absolute Gasteiger partial charge is 0.278 e. The van der Waals surface area contributed by atoms with Crippen LogP contribution < -0.4 is 5.43 Å². The Morgan fingerprint density at radius 3 is 2.79 bits per heavy atom. The Kier molecular flexibility index (Phi) is 3.86. The number of nitrogens with zero attached hydrogens (tertiary/aromatic N) is 3. The molecule has 0 aliphatic heterocycles. The van der Waals surface area contributed by atoms with Gasteiger partial charge >= 0.3 is 0 Å². The molecular formula is C12H12N4O2S. The summed E-state index contributed by atoms with van der Waals surface area (Å²) < 4.78 is 0. The molecule has 0 amide bonds. The highest BCUT2D eigenvalue weighted by molar-refractivity contribution is 7.15. The summed E-state index contributed by atoms with van der Waals surface area (Å²) in [5.41, 5.74) is 4.20. The SMILES string of the molecule is Cc1nc(N/N=C/c2ccccc2[N+](=O)[O-])sc1C. The number of nitro groups is 1. The maximum Gasteiger partial charge on any atom is 0.278 e. The average molecular weight is 276 g/mol. The number of hydrogen-bond acceptors (Lipinski definition) is 6. The molecule has 98 valence electrons. The fraction of sp³-hybridized carbons (Fsp3) is 0.167. The normalized spacial score (nSPS) is 10.8. The van der Waals surface area contributed by atoms with Gasteiger partial charge in [0.25, 0.3) is 5.69 Å². The van der Waals surface area contributed by atoms with E-state index in [-0.39, 0.29) is 5.69 Å². The van der Waals surface area contributed by atoms with Gasteiger partial charge in [-0.05, 0) is 19.9 Å². The molecule has 0 aliphatic rings. The maximum atomic E-state index is 10.8. The highest BCUT2D eigenvalue weighted by atomic mass is 32.1. The van der Waals surface area contributed by atoms with Gasteiger partial charge in [-0.1, -0.05) is 12.1 Å². The van der Waals surface area contributed by atoms with E-state index in [1.807, 2.05) is 13.8 Å². The van der Waals surface area contributed by atoms with Crippen LogP contribution in [0.2, 0.25) is 0 Å². The Balaban J connectivity index is 2.13. The number of benzene rings is 1. The third-order valence-corrected chi connectivity index (χ3v) is 3.50. The molecule has 2 rings (SSSR count). The first-order valence-electron chi connectivity index (χ1n) is 5.54. The van der Waals surface area contributed by atoms with Crippen molar-refractivity contribution in [2.75, 3.05) is 5.43 Å². The van der Waals surface area contributed by atoms with Gasteiger partial charge in [-0.25, -0.2) is 4.98 Å². The lowest BCUT2D eigenvalue weighted by molar-refractivity contribution is -0.385. The van der Waals surface area contributed by atoms with Crippen molar-refractivity contribution in [3.8, 4) is 0 Å². The standard InChI is InChI=1S/C12H12N4O2S/c1-8-9(2)19-12(14-8)15-13-7-10-5-3-4-6-11(10)16(17)18/h3-7H,1-2H3,(H,14,15)/b13-7+. The Labute approximate surface area is 114 Å². The molecule has 0 atom stereocenters. The van der Waals surface area contributed by atoms with E-state index in [1.165, 1.54) is 23.6 Å². The highest BCUT2D eigenvalue weighted by Crippen LogP contribution is 2.21. The first kappa shape index (κ1) is 13.2. The monoisotopic (exact) mass is 276 g/mol. The average Bonchev–Trinajstić information content (AvgIpc) is 2.69. The van der Waals surface area contributed by atoms with Crippen LogP contribution in [0.3, 0.4) is 0 Å². The Morgan fingerprint density at radius 1 is 1.42 bits per heavy atom. The molecule has 0 fully saturated rings. The maximum absolute atomic E-state index is 10.8. The molecule has 0 radical (unpaired) electrons. The van der Waals surface area contributed by atoms with Gasteiger partial charge in [-0.3, -0.25) is 15.5 Å². The van der Waals surface area contributed by atoms with E-state index in [0.717, 1.165) is 10.6 Å². The van der Waals surface area contributed by atoms with Crippen LogP contribution in [0.5, 0.6) is 0 Å². The molecule has 6 nitrogen and oxygen atoms in total. The number of thiazole rings is 1. The predicted molar refractivity (Wildman–Crippen MR) is 75.9 cm³/mol. The van der Waals surface area contributed by atoms with Gasteiger partial charge in [0.05, 0.1) is 22.4 Å². The number of aryl methyl sites for hydroxylation is 2. The number of anilines is 1. The molecule has 0 saturated carbocycles. The number of rotatable bonds is 4. The van der Waals surface area contributed by atoms with E-state index >= 15 is 0 Å². The molecule has 7 heteroatoms. The number of para-hydroxylation sites is 1. The number of aromatic nitrogens is 1. The number of nitrogens with one attached hydrogen (secondary N) is 1. The van der Waals surface area contributed by atoms with Gasteiger partial charge in [-0.15, -0.1) is 11.3 Å². The number of nitro benzene ring substituents is 1. The fourth-order valence-electron chi connectivity index (χ4n) is 1.44. The van der Waals surface area contributed by atoms with Crippen molar-refractivity contribution in [3.05, 3.63) is 50.5 Å². The summed E-state index contributed by atoms with van der Waals surface area (Å²) in [6.45, 7) is 3.90. The summed E-state index contributed by atoms with van der Waals surface area (Å²) in [6, 6.07) is 6.43. The molecule has 0 saturated heterocycles. The minimum Gasteiger partial charge on any atom is -0.258 e. The first-order chi connectivity index (χ1) is 9.08. The zero-order valence-electron chi connectivity index (χ0n) is 10.5. The van der Waals surface area contributed by atoms with Crippen LogP contribution in [0.4, 0.5) is 10.8 Å². The van der Waals surface area contributed by atoms with Gasteiger partial charge in [0.15, 0.2) is 0 Å². The van der Waals surface area contributed by atoms with Gasteiger partial charge in [0.1, 0.15) is 0 Å². The summed E-state index contributed by atoms with van der Waals surface area (Å²) in [7, 11) is 0. The molecule has 1 aromatic carbocycles. The molecule has 0 bridgehead atoms. The van der Waals surface area contributed by atoms with Crippen LogP contribution in [0.25, 0.3) is 0 Å². The van der Waals surface area contributed by atoms with Crippen molar-refractivity contribution in [2.45, 2.75) is 13.8 Å². The van der Waals surface area contributed by atoms with Crippen LogP contribution >= 0.6 is 11.3 Å². The number of hydrazone groups is 1. The van der Waals surface area contributed by atoms with Gasteiger partial charge in [0, 0.05) is 10.9 Å². The lowest BCUT2D eigenvalue weighted by Crippen LogP contribution is -1.95. The molecular weight excluding hydrogens is 264 g/mol. The summed E-state index contributed by atoms with van der Waals surface area (Å²) in [5, 5.41) is 15.5. The smallest absolute Gasteiger partial charge is 0.258 e. The topological polar surface area (TPSA) is 80.4 Å². The van der Waals surface area contributed by atoms with Crippen molar-refractivity contribution in [1.82, 2.24) is 4.98 Å². The Bertz CT molecular complexity index is 617. The van der Waals surface area contributed by atoms with Gasteiger partial charge in [0.2, 0.25) is 5.13 Å². The third kappa shape index (κ3) is 3.14. The summed E-state index contributed by atoms with van der Waals surface area (Å²) in [4.78, 5) is 15.8. The van der Waals surface area contributed by atoms with Crippen molar-refractivity contribution >= 4 is 28.4 Å². The lowest BCUT2D eigenvalue weighted by Gasteiger charge is -1.96. The van der Waals surface area contributed by atoms with Crippen molar-refractivity contribution in [3.63, 3.8) is 0 Å². The molecule has 0 aliphatic carbocycles. The van der Waals surface area contributed by atoms with Crippen LogP contribution in [0.15, 0.2) is 29.4 Å². The van der Waals surface area contributed by atoms with Crippen LogP contribution in [-0.2, 0) is 0 Å². The zero-order chi connectivity index (χ0) is 13.8. The second-order valence-corrected chi connectivity index (χ2v) is 5.05. The van der Waals surface area contributed by atoms with E-state index in [0.29, 0.717) is 10.7 Å². The van der Waals surface area contributed by atoms with Gasteiger partial charge in [-0.2, -0.15) is 5.10 Å². The Hall–Kier alpha value is -2.28. The minimum absolute atomic E-state index is 0.0274. The molecule has 1 aromatic heterocycles.